The lowest BCUT2D eigenvalue weighted by atomic mass is 10.3. The van der Waals surface area contributed by atoms with Crippen LogP contribution >= 0.6 is 0 Å². The van der Waals surface area contributed by atoms with Gasteiger partial charge in [-0.05, 0) is 13.8 Å². The SMILES string of the molecule is CC(C)n1cc([N+](=O)[O-])cc1C(=O)NCc1ncn[nH]1. The molecule has 2 rings (SSSR count). The minimum atomic E-state index is -0.522. The van der Waals surface area contributed by atoms with E-state index in [9.17, 15) is 14.9 Å². The Morgan fingerprint density at radius 1 is 1.60 bits per heavy atom. The van der Waals surface area contributed by atoms with Crippen molar-refractivity contribution >= 4 is 11.6 Å². The number of H-pyrrole nitrogens is 1. The highest BCUT2D eigenvalue weighted by Gasteiger charge is 2.20. The molecule has 106 valence electrons. The lowest BCUT2D eigenvalue weighted by Crippen LogP contribution is -2.26. The first-order valence-corrected chi connectivity index (χ1v) is 5.97. The molecular formula is C11H14N6O3. The summed E-state index contributed by atoms with van der Waals surface area (Å²) in [5, 5.41) is 19.7. The summed E-state index contributed by atoms with van der Waals surface area (Å²) in [6.07, 6.45) is 2.69. The highest BCUT2D eigenvalue weighted by molar-refractivity contribution is 5.93. The summed E-state index contributed by atoms with van der Waals surface area (Å²) in [6, 6.07) is 1.20. The van der Waals surface area contributed by atoms with Crippen LogP contribution in [0.1, 0.15) is 36.2 Å². The van der Waals surface area contributed by atoms with Crippen LogP contribution in [0.25, 0.3) is 0 Å². The molecule has 0 aliphatic carbocycles. The van der Waals surface area contributed by atoms with E-state index >= 15 is 0 Å². The molecular weight excluding hydrogens is 264 g/mol. The van der Waals surface area contributed by atoms with Crippen molar-refractivity contribution in [1.82, 2.24) is 25.1 Å². The summed E-state index contributed by atoms with van der Waals surface area (Å²) < 4.78 is 1.56. The van der Waals surface area contributed by atoms with Gasteiger partial charge in [-0.25, -0.2) is 4.98 Å². The van der Waals surface area contributed by atoms with E-state index < -0.39 is 10.8 Å². The number of rotatable bonds is 5. The van der Waals surface area contributed by atoms with Gasteiger partial charge in [-0.3, -0.25) is 20.0 Å². The molecule has 0 spiro atoms. The van der Waals surface area contributed by atoms with Crippen LogP contribution in [0, 0.1) is 10.1 Å². The fourth-order valence-corrected chi connectivity index (χ4v) is 1.74. The number of carbonyl (C=O) groups excluding carboxylic acids is 1. The predicted octanol–water partition coefficient (Wildman–Crippen LogP) is 1.03. The van der Waals surface area contributed by atoms with Crippen molar-refractivity contribution in [2.75, 3.05) is 0 Å². The topological polar surface area (TPSA) is 119 Å². The van der Waals surface area contributed by atoms with E-state index in [1.807, 2.05) is 13.8 Å². The molecule has 2 aromatic rings. The molecule has 2 heterocycles. The third-order valence-electron chi connectivity index (χ3n) is 2.72. The van der Waals surface area contributed by atoms with Gasteiger partial charge in [0.1, 0.15) is 17.8 Å². The maximum atomic E-state index is 12.1. The summed E-state index contributed by atoms with van der Waals surface area (Å²) in [5.74, 6) is 0.110. The number of nitrogens with one attached hydrogen (secondary N) is 2. The molecule has 0 saturated carbocycles. The number of aromatic amines is 1. The van der Waals surface area contributed by atoms with Crippen molar-refractivity contribution in [1.29, 1.82) is 0 Å². The van der Waals surface area contributed by atoms with Crippen LogP contribution in [0.2, 0.25) is 0 Å². The number of hydrogen-bond donors (Lipinski definition) is 2. The Labute approximate surface area is 114 Å². The molecule has 0 aliphatic heterocycles. The van der Waals surface area contributed by atoms with Gasteiger partial charge in [-0.2, -0.15) is 5.10 Å². The second-order valence-electron chi connectivity index (χ2n) is 4.46. The minimum absolute atomic E-state index is 0.0604. The average Bonchev–Trinajstić information content (AvgIpc) is 3.04. The summed E-state index contributed by atoms with van der Waals surface area (Å²) in [7, 11) is 0. The maximum absolute atomic E-state index is 12.1. The van der Waals surface area contributed by atoms with E-state index in [4.69, 9.17) is 0 Å². The number of amides is 1. The molecule has 20 heavy (non-hydrogen) atoms. The second kappa shape index (κ2) is 5.51. The summed E-state index contributed by atoms with van der Waals surface area (Å²) in [5.41, 5.74) is 0.134. The Morgan fingerprint density at radius 2 is 2.35 bits per heavy atom. The van der Waals surface area contributed by atoms with Gasteiger partial charge >= 0.3 is 0 Å². The monoisotopic (exact) mass is 278 g/mol. The van der Waals surface area contributed by atoms with Gasteiger partial charge in [0.2, 0.25) is 0 Å². The molecule has 0 unspecified atom stereocenters. The first kappa shape index (κ1) is 13.7. The van der Waals surface area contributed by atoms with Crippen LogP contribution < -0.4 is 5.32 Å². The third kappa shape index (κ3) is 2.82. The van der Waals surface area contributed by atoms with Crippen molar-refractivity contribution in [2.45, 2.75) is 26.4 Å². The van der Waals surface area contributed by atoms with E-state index in [1.165, 1.54) is 18.6 Å². The fraction of sp³-hybridized carbons (Fsp3) is 0.364. The maximum Gasteiger partial charge on any atom is 0.287 e. The number of carbonyl (C=O) groups is 1. The van der Waals surface area contributed by atoms with E-state index in [-0.39, 0.29) is 24.0 Å². The molecule has 0 aromatic carbocycles. The molecule has 0 atom stereocenters. The van der Waals surface area contributed by atoms with Crippen molar-refractivity contribution in [3.05, 3.63) is 40.2 Å². The summed E-state index contributed by atoms with van der Waals surface area (Å²) in [4.78, 5) is 26.2. The Morgan fingerprint density at radius 3 is 2.90 bits per heavy atom. The first-order chi connectivity index (χ1) is 9.49. The Balaban J connectivity index is 2.17. The van der Waals surface area contributed by atoms with Crippen LogP contribution in [-0.2, 0) is 6.54 Å². The summed E-state index contributed by atoms with van der Waals surface area (Å²) in [6.45, 7) is 3.86. The van der Waals surface area contributed by atoms with E-state index in [2.05, 4.69) is 20.5 Å². The molecule has 9 heteroatoms. The smallest absolute Gasteiger partial charge is 0.287 e. The minimum Gasteiger partial charge on any atom is -0.343 e. The van der Waals surface area contributed by atoms with E-state index in [0.29, 0.717) is 5.82 Å². The van der Waals surface area contributed by atoms with Gasteiger partial charge < -0.3 is 9.88 Å². The molecule has 2 N–H and O–H groups in total. The first-order valence-electron chi connectivity index (χ1n) is 5.97. The number of aromatic nitrogens is 4. The Bertz CT molecular complexity index is 616. The predicted molar refractivity (Wildman–Crippen MR) is 69.0 cm³/mol. The standard InChI is InChI=1S/C11H14N6O3/c1-7(2)16-5-8(17(19)20)3-9(16)11(18)12-4-10-13-6-14-15-10/h3,5-7H,4H2,1-2H3,(H,12,18)(H,13,14,15). The molecule has 1 amide bonds. The number of hydrogen-bond acceptors (Lipinski definition) is 5. The highest BCUT2D eigenvalue weighted by Crippen LogP contribution is 2.20. The van der Waals surface area contributed by atoms with Crippen LogP contribution in [0.15, 0.2) is 18.6 Å². The Hall–Kier alpha value is -2.71. The van der Waals surface area contributed by atoms with Gasteiger partial charge in [0, 0.05) is 12.1 Å². The van der Waals surface area contributed by atoms with Gasteiger partial charge in [0.15, 0.2) is 0 Å². The van der Waals surface area contributed by atoms with Crippen molar-refractivity contribution in [3.8, 4) is 0 Å². The fourth-order valence-electron chi connectivity index (χ4n) is 1.74. The zero-order valence-corrected chi connectivity index (χ0v) is 11.0. The van der Waals surface area contributed by atoms with E-state index in [0.717, 1.165) is 0 Å². The molecule has 2 aromatic heterocycles. The van der Waals surface area contributed by atoms with Crippen molar-refractivity contribution < 1.29 is 9.72 Å². The van der Waals surface area contributed by atoms with E-state index in [1.54, 1.807) is 4.57 Å². The van der Waals surface area contributed by atoms with Gasteiger partial charge in [-0.1, -0.05) is 0 Å². The van der Waals surface area contributed by atoms with Crippen molar-refractivity contribution in [2.24, 2.45) is 0 Å². The number of nitrogens with zero attached hydrogens (tertiary/aromatic N) is 4. The molecule has 0 aliphatic rings. The van der Waals surface area contributed by atoms with Gasteiger partial charge in [0.25, 0.3) is 11.6 Å². The average molecular weight is 278 g/mol. The molecule has 0 saturated heterocycles. The zero-order chi connectivity index (χ0) is 14.7. The normalized spacial score (nSPS) is 10.8. The molecule has 0 radical (unpaired) electrons. The highest BCUT2D eigenvalue weighted by atomic mass is 16.6. The largest absolute Gasteiger partial charge is 0.343 e. The van der Waals surface area contributed by atoms with Crippen LogP contribution in [0.5, 0.6) is 0 Å². The zero-order valence-electron chi connectivity index (χ0n) is 11.0. The van der Waals surface area contributed by atoms with Gasteiger partial charge in [0.05, 0.1) is 17.7 Å². The van der Waals surface area contributed by atoms with Crippen LogP contribution in [-0.4, -0.2) is 30.6 Å². The molecule has 0 fully saturated rings. The molecule has 9 nitrogen and oxygen atoms in total. The van der Waals surface area contributed by atoms with Crippen molar-refractivity contribution in [3.63, 3.8) is 0 Å². The molecule has 0 bridgehead atoms. The van der Waals surface area contributed by atoms with Crippen LogP contribution in [0.4, 0.5) is 5.69 Å². The lowest BCUT2D eigenvalue weighted by Gasteiger charge is -2.11. The second-order valence-corrected chi connectivity index (χ2v) is 4.46. The summed E-state index contributed by atoms with van der Waals surface area (Å²) >= 11 is 0. The third-order valence-corrected chi connectivity index (χ3v) is 2.72. The number of nitro groups is 1. The lowest BCUT2D eigenvalue weighted by molar-refractivity contribution is -0.384. The Kier molecular flexibility index (Phi) is 3.78. The quantitative estimate of drug-likeness (QED) is 0.625. The van der Waals surface area contributed by atoms with Gasteiger partial charge in [-0.15, -0.1) is 0 Å². The van der Waals surface area contributed by atoms with Crippen LogP contribution in [0.3, 0.4) is 0 Å².